The van der Waals surface area contributed by atoms with Gasteiger partial charge in [-0.05, 0) is 57.5 Å². The maximum Gasteiger partial charge on any atom is 0.103 e. The van der Waals surface area contributed by atoms with Crippen molar-refractivity contribution in [1.29, 1.82) is 0 Å². The van der Waals surface area contributed by atoms with Gasteiger partial charge in [0.2, 0.25) is 0 Å². The lowest BCUT2D eigenvalue weighted by Gasteiger charge is -2.42. The minimum atomic E-state index is -0.0777. The standard InChI is InChI=1S/C39H40N4/c1-4-5-18-30(40)32-22-24(31-19-12-21-41-31)23-34(42-32)43-33-20-11-9-16-28(33)36-35-27-15-8-10-17-29(27)39(2,3)37(35)25-13-6-7-14-26(25)38(36)43/h6-23,28,31-33,36,38,42H,4-5,40H2,1-3H3/b30-18-. The van der Waals surface area contributed by atoms with Crippen LogP contribution in [0, 0.1) is 11.8 Å². The molecule has 0 aromatic heterocycles. The molecule has 3 aliphatic heterocycles. The van der Waals surface area contributed by atoms with Crippen molar-refractivity contribution in [1.82, 2.24) is 10.2 Å². The molecule has 3 N–H and O–H groups in total. The molecule has 43 heavy (non-hydrogen) atoms. The molecule has 3 aliphatic carbocycles. The van der Waals surface area contributed by atoms with Crippen molar-refractivity contribution >= 4 is 17.4 Å². The number of benzene rings is 2. The van der Waals surface area contributed by atoms with Crippen LogP contribution in [0.25, 0.3) is 11.1 Å². The molecule has 2 aromatic carbocycles. The highest BCUT2D eigenvalue weighted by Gasteiger charge is 2.57. The number of aliphatic imine (C=N–C) groups is 1. The first kappa shape index (κ1) is 26.3. The first-order valence-corrected chi connectivity index (χ1v) is 15.9. The molecule has 0 saturated carbocycles. The molecule has 1 saturated heterocycles. The van der Waals surface area contributed by atoms with Gasteiger partial charge in [0.15, 0.2) is 0 Å². The molecular formula is C39H40N4. The van der Waals surface area contributed by atoms with Crippen LogP contribution >= 0.6 is 0 Å². The van der Waals surface area contributed by atoms with Crippen LogP contribution < -0.4 is 11.1 Å². The minimum absolute atomic E-state index is 0.0185. The zero-order valence-electron chi connectivity index (χ0n) is 25.2. The van der Waals surface area contributed by atoms with E-state index in [1.807, 2.05) is 12.3 Å². The Kier molecular flexibility index (Phi) is 6.04. The molecule has 8 rings (SSSR count). The van der Waals surface area contributed by atoms with Gasteiger partial charge in [-0.1, -0.05) is 118 Å². The van der Waals surface area contributed by atoms with Gasteiger partial charge in [0.1, 0.15) is 5.82 Å². The number of dihydropyridines is 1. The van der Waals surface area contributed by atoms with Crippen molar-refractivity contribution in [2.24, 2.45) is 22.6 Å². The predicted octanol–water partition coefficient (Wildman–Crippen LogP) is 7.38. The van der Waals surface area contributed by atoms with E-state index < -0.39 is 0 Å². The van der Waals surface area contributed by atoms with Crippen molar-refractivity contribution in [3.05, 3.63) is 143 Å². The molecule has 1 fully saturated rings. The quantitative estimate of drug-likeness (QED) is 0.399. The summed E-state index contributed by atoms with van der Waals surface area (Å²) in [5, 5.41) is 3.92. The molecule has 216 valence electrons. The largest absolute Gasteiger partial charge is 0.400 e. The Morgan fingerprint density at radius 3 is 2.60 bits per heavy atom. The third kappa shape index (κ3) is 3.85. The summed E-state index contributed by atoms with van der Waals surface area (Å²) >= 11 is 0. The SMILES string of the molecule is CCC/C=C(\N)C1C=C(C2C=CC=N2)C=C(N2C3C=CC=CC3C3C4=C(c5ccccc5C32)C(C)(C)c2ccccc24)N1. The fraction of sp³-hybridized carbons (Fsp3) is 0.308. The third-order valence-corrected chi connectivity index (χ3v) is 10.4. The van der Waals surface area contributed by atoms with E-state index in [2.05, 4.69) is 128 Å². The summed E-state index contributed by atoms with van der Waals surface area (Å²) in [6.07, 6.45) is 24.4. The van der Waals surface area contributed by atoms with Gasteiger partial charge in [-0.25, -0.2) is 0 Å². The van der Waals surface area contributed by atoms with E-state index in [1.54, 1.807) is 0 Å². The van der Waals surface area contributed by atoms with E-state index >= 15 is 0 Å². The number of nitrogens with two attached hydrogens (primary N) is 1. The number of nitrogens with one attached hydrogen (secondary N) is 1. The van der Waals surface area contributed by atoms with E-state index in [0.717, 1.165) is 24.4 Å². The van der Waals surface area contributed by atoms with Crippen LogP contribution in [-0.4, -0.2) is 29.2 Å². The zero-order chi connectivity index (χ0) is 29.3. The average molecular weight is 565 g/mol. The van der Waals surface area contributed by atoms with Gasteiger partial charge in [-0.3, -0.25) is 4.99 Å². The van der Waals surface area contributed by atoms with Crippen LogP contribution in [0.1, 0.15) is 61.9 Å². The number of rotatable bonds is 5. The van der Waals surface area contributed by atoms with E-state index in [4.69, 9.17) is 10.7 Å². The second kappa shape index (κ2) is 9.87. The maximum absolute atomic E-state index is 6.77. The number of nitrogens with zero attached hydrogens (tertiary/aromatic N) is 2. The second-order valence-corrected chi connectivity index (χ2v) is 13.2. The number of unbranched alkanes of at least 4 members (excludes halogenated alkanes) is 1. The number of hydrogen-bond donors (Lipinski definition) is 2. The fourth-order valence-corrected chi connectivity index (χ4v) is 8.61. The molecule has 3 heterocycles. The van der Waals surface area contributed by atoms with Gasteiger partial charge in [-0.15, -0.1) is 0 Å². The Balaban J connectivity index is 1.32. The summed E-state index contributed by atoms with van der Waals surface area (Å²) < 4.78 is 0. The maximum atomic E-state index is 6.77. The zero-order valence-corrected chi connectivity index (χ0v) is 25.2. The highest BCUT2D eigenvalue weighted by molar-refractivity contribution is 6.04. The summed E-state index contributed by atoms with van der Waals surface area (Å²) in [7, 11) is 0. The van der Waals surface area contributed by atoms with Crippen molar-refractivity contribution in [3.63, 3.8) is 0 Å². The van der Waals surface area contributed by atoms with Crippen molar-refractivity contribution in [2.45, 2.75) is 63.2 Å². The monoisotopic (exact) mass is 564 g/mol. The lowest BCUT2D eigenvalue weighted by Crippen LogP contribution is -2.45. The second-order valence-electron chi connectivity index (χ2n) is 13.2. The van der Waals surface area contributed by atoms with E-state index in [-0.39, 0.29) is 29.6 Å². The summed E-state index contributed by atoms with van der Waals surface area (Å²) in [5.41, 5.74) is 17.5. The fourth-order valence-electron chi connectivity index (χ4n) is 8.61. The Morgan fingerprint density at radius 2 is 1.79 bits per heavy atom. The van der Waals surface area contributed by atoms with Crippen molar-refractivity contribution in [3.8, 4) is 0 Å². The summed E-state index contributed by atoms with van der Waals surface area (Å²) in [4.78, 5) is 7.45. The van der Waals surface area contributed by atoms with Crippen molar-refractivity contribution in [2.75, 3.05) is 0 Å². The summed E-state index contributed by atoms with van der Waals surface area (Å²) in [6.45, 7) is 7.03. The third-order valence-electron chi connectivity index (χ3n) is 10.4. The van der Waals surface area contributed by atoms with Crippen LogP contribution in [0.15, 0.2) is 125 Å². The summed E-state index contributed by atoms with van der Waals surface area (Å²) in [6, 6.07) is 18.7. The number of hydrogen-bond acceptors (Lipinski definition) is 4. The normalized spacial score (nSPS) is 30.8. The highest BCUT2D eigenvalue weighted by atomic mass is 15.3. The van der Waals surface area contributed by atoms with Crippen molar-refractivity contribution < 1.29 is 0 Å². The molecule has 6 atom stereocenters. The first-order chi connectivity index (χ1) is 21.0. The van der Waals surface area contributed by atoms with Gasteiger partial charge in [0.05, 0.1) is 24.2 Å². The Hall–Kier alpha value is -4.31. The molecule has 6 unspecified atom stereocenters. The van der Waals surface area contributed by atoms with E-state index in [9.17, 15) is 0 Å². The van der Waals surface area contributed by atoms with Gasteiger partial charge in [-0.2, -0.15) is 0 Å². The van der Waals surface area contributed by atoms with Gasteiger partial charge in [0, 0.05) is 29.2 Å². The van der Waals surface area contributed by atoms with Gasteiger partial charge in [0.25, 0.3) is 0 Å². The Bertz CT molecular complexity index is 1730. The lowest BCUT2D eigenvalue weighted by atomic mass is 9.67. The van der Waals surface area contributed by atoms with Crippen LogP contribution in [0.3, 0.4) is 0 Å². The van der Waals surface area contributed by atoms with Crippen LogP contribution in [0.2, 0.25) is 0 Å². The topological polar surface area (TPSA) is 53.6 Å². The molecule has 4 heteroatoms. The molecule has 6 aliphatic rings. The van der Waals surface area contributed by atoms with Crippen LogP contribution in [0.5, 0.6) is 0 Å². The number of fused-ring (bicyclic) bond motifs is 9. The predicted molar refractivity (Wildman–Crippen MR) is 178 cm³/mol. The van der Waals surface area contributed by atoms with Gasteiger partial charge < -0.3 is 16.0 Å². The van der Waals surface area contributed by atoms with Crippen LogP contribution in [-0.2, 0) is 5.41 Å². The van der Waals surface area contributed by atoms with E-state index in [1.165, 1.54) is 39.0 Å². The minimum Gasteiger partial charge on any atom is -0.400 e. The molecular weight excluding hydrogens is 524 g/mol. The Labute approximate surface area is 255 Å². The molecule has 2 aromatic rings. The molecule has 0 spiro atoms. The summed E-state index contributed by atoms with van der Waals surface area (Å²) in [5.74, 6) is 1.81. The first-order valence-electron chi connectivity index (χ1n) is 15.9. The highest BCUT2D eigenvalue weighted by Crippen LogP contribution is 2.65. The lowest BCUT2D eigenvalue weighted by molar-refractivity contribution is 0.246. The van der Waals surface area contributed by atoms with Crippen LogP contribution in [0.4, 0.5) is 0 Å². The molecule has 0 bridgehead atoms. The van der Waals surface area contributed by atoms with E-state index in [0.29, 0.717) is 11.8 Å². The number of allylic oxidation sites excluding steroid dienone is 5. The molecule has 0 amide bonds. The molecule has 4 nitrogen and oxygen atoms in total. The number of likely N-dealkylation sites (tertiary alicyclic amines) is 1. The molecule has 0 radical (unpaired) electrons. The Morgan fingerprint density at radius 1 is 1.00 bits per heavy atom. The van der Waals surface area contributed by atoms with Gasteiger partial charge >= 0.3 is 0 Å². The average Bonchev–Trinajstić information content (AvgIpc) is 3.75. The smallest absolute Gasteiger partial charge is 0.103 e.